The van der Waals surface area contributed by atoms with Crippen LogP contribution in [0, 0.1) is 5.92 Å². The van der Waals surface area contributed by atoms with Gasteiger partial charge in [0.15, 0.2) is 31.2 Å². The van der Waals surface area contributed by atoms with Gasteiger partial charge in [0.25, 0.3) is 0 Å². The molecule has 0 radical (unpaired) electrons. The van der Waals surface area contributed by atoms with Crippen molar-refractivity contribution in [2.24, 2.45) is 5.92 Å². The molecule has 36 heavy (non-hydrogen) atoms. The minimum Gasteiger partial charge on any atom is -0.741 e. The van der Waals surface area contributed by atoms with E-state index in [4.69, 9.17) is 22.1 Å². The van der Waals surface area contributed by atoms with Crippen LogP contribution in [0.5, 0.6) is 0 Å². The maximum Gasteiger partial charge on any atom is 0.485 e. The molecule has 0 atom stereocenters. The van der Waals surface area contributed by atoms with Crippen molar-refractivity contribution in [2.75, 3.05) is 19.7 Å². The predicted octanol–water partition coefficient (Wildman–Crippen LogP) is 4.11. The zero-order valence-electron chi connectivity index (χ0n) is 22.4. The van der Waals surface area contributed by atoms with Gasteiger partial charge in [0.05, 0.1) is 18.7 Å². The zero-order chi connectivity index (χ0) is 28.2. The van der Waals surface area contributed by atoms with Gasteiger partial charge in [0, 0.05) is 25.8 Å². The number of likely N-dealkylation sites (tertiary alicyclic amines) is 1. The number of nitrogens with zero attached hydrogens (tertiary/aromatic N) is 3. The average molecular weight is 560 g/mol. The molecular formula is C22H40F3N3O6SSi. The first kappa shape index (κ1) is 32.4. The summed E-state index contributed by atoms with van der Waals surface area (Å²) in [5.74, 6) is 0.481. The van der Waals surface area contributed by atoms with Crippen molar-refractivity contribution >= 4 is 24.5 Å². The van der Waals surface area contributed by atoms with Crippen molar-refractivity contribution in [3.8, 4) is 0 Å². The molecule has 1 aliphatic heterocycles. The SMILES string of the molecule is CC(C)(C)OC(=O)N1CC(C[n+]2cccn2CCCO[Si](C)(C)C(C)(C)C)C1.O=S(=O)([O-])C(F)(F)F. The fourth-order valence-electron chi connectivity index (χ4n) is 2.97. The summed E-state index contributed by atoms with van der Waals surface area (Å²) in [6, 6.07) is 2.08. The molecule has 1 aliphatic rings. The van der Waals surface area contributed by atoms with E-state index < -0.39 is 29.5 Å². The number of alkyl halides is 3. The van der Waals surface area contributed by atoms with Gasteiger partial charge in [0.1, 0.15) is 5.60 Å². The van der Waals surface area contributed by atoms with Crippen LogP contribution in [-0.4, -0.2) is 67.8 Å². The second-order valence-electron chi connectivity index (χ2n) is 11.4. The number of hydrogen-bond acceptors (Lipinski definition) is 6. The Labute approximate surface area is 213 Å². The molecule has 0 saturated carbocycles. The Hall–Kier alpha value is -1.64. The van der Waals surface area contributed by atoms with E-state index in [0.717, 1.165) is 39.2 Å². The third-order valence-electron chi connectivity index (χ3n) is 5.98. The van der Waals surface area contributed by atoms with Crippen molar-refractivity contribution in [3.05, 3.63) is 18.5 Å². The minimum atomic E-state index is -6.09. The van der Waals surface area contributed by atoms with Crippen LogP contribution in [-0.2, 0) is 32.4 Å². The van der Waals surface area contributed by atoms with Gasteiger partial charge in [-0.2, -0.15) is 17.9 Å². The molecule has 0 aliphatic carbocycles. The molecule has 14 heteroatoms. The quantitative estimate of drug-likeness (QED) is 0.164. The number of halogens is 3. The van der Waals surface area contributed by atoms with Crippen LogP contribution in [0.3, 0.4) is 0 Å². The summed E-state index contributed by atoms with van der Waals surface area (Å²) >= 11 is 0. The van der Waals surface area contributed by atoms with Gasteiger partial charge in [-0.15, -0.1) is 4.68 Å². The van der Waals surface area contributed by atoms with Crippen LogP contribution in [0.2, 0.25) is 18.1 Å². The van der Waals surface area contributed by atoms with Gasteiger partial charge in [-0.3, -0.25) is 0 Å². The molecule has 0 bridgehead atoms. The Morgan fingerprint density at radius 1 is 1.14 bits per heavy atom. The molecule has 210 valence electrons. The third-order valence-corrected chi connectivity index (χ3v) is 11.1. The highest BCUT2D eigenvalue weighted by molar-refractivity contribution is 7.86. The summed E-state index contributed by atoms with van der Waals surface area (Å²) in [6.45, 7) is 21.4. The summed E-state index contributed by atoms with van der Waals surface area (Å²) in [5.41, 5.74) is -6.08. The predicted molar refractivity (Wildman–Crippen MR) is 129 cm³/mol. The Morgan fingerprint density at radius 2 is 1.67 bits per heavy atom. The van der Waals surface area contributed by atoms with Gasteiger partial charge < -0.3 is 18.6 Å². The number of hydrogen-bond donors (Lipinski definition) is 0. The molecule has 0 N–H and O–H groups in total. The molecule has 2 rings (SSSR count). The summed E-state index contributed by atoms with van der Waals surface area (Å²) < 4.78 is 75.1. The Balaban J connectivity index is 0.000000697. The second kappa shape index (κ2) is 11.8. The van der Waals surface area contributed by atoms with Crippen molar-refractivity contribution in [2.45, 2.75) is 90.3 Å². The number of rotatable bonds is 7. The Bertz CT molecular complexity index is 963. The fourth-order valence-corrected chi connectivity index (χ4v) is 4.06. The maximum atomic E-state index is 12.1. The molecule has 1 aromatic rings. The summed E-state index contributed by atoms with van der Waals surface area (Å²) in [4.78, 5) is 13.9. The number of aryl methyl sites for hydroxylation is 1. The first-order valence-electron chi connectivity index (χ1n) is 11.7. The van der Waals surface area contributed by atoms with E-state index in [-0.39, 0.29) is 11.1 Å². The average Bonchev–Trinajstić information content (AvgIpc) is 3.04. The standard InChI is InChI=1S/C21H40N3O3Si.CHF3O3S/c1-20(2,3)27-19(25)22-15-18(16-22)17-24-12-9-11-23(24)13-10-14-26-28(7,8)21(4,5)6;2-1(3,4)8(5,6)7/h9,11-12,18H,10,13-17H2,1-8H3;(H,5,6,7)/q+1;/p-1. The van der Waals surface area contributed by atoms with Gasteiger partial charge in [-0.1, -0.05) is 20.8 Å². The highest BCUT2D eigenvalue weighted by Gasteiger charge is 2.38. The van der Waals surface area contributed by atoms with Crippen molar-refractivity contribution in [3.63, 3.8) is 0 Å². The van der Waals surface area contributed by atoms with Crippen LogP contribution < -0.4 is 4.68 Å². The van der Waals surface area contributed by atoms with Crippen LogP contribution >= 0.6 is 0 Å². The van der Waals surface area contributed by atoms with E-state index in [0.29, 0.717) is 5.92 Å². The normalized spacial score (nSPS) is 15.7. The lowest BCUT2D eigenvalue weighted by Crippen LogP contribution is -2.58. The number of aromatic nitrogens is 2. The lowest BCUT2D eigenvalue weighted by Gasteiger charge is -2.38. The van der Waals surface area contributed by atoms with Gasteiger partial charge >= 0.3 is 11.6 Å². The monoisotopic (exact) mass is 559 g/mol. The van der Waals surface area contributed by atoms with Crippen molar-refractivity contribution in [1.82, 2.24) is 9.58 Å². The van der Waals surface area contributed by atoms with Crippen molar-refractivity contribution < 1.29 is 44.8 Å². The summed E-state index contributed by atoms with van der Waals surface area (Å²) in [5, 5.41) is 0.255. The molecule has 0 aromatic carbocycles. The van der Waals surface area contributed by atoms with Crippen molar-refractivity contribution in [1.29, 1.82) is 0 Å². The summed E-state index contributed by atoms with van der Waals surface area (Å²) in [6.07, 6.45) is 5.05. The Kier molecular flexibility index (Phi) is 10.6. The summed E-state index contributed by atoms with van der Waals surface area (Å²) in [7, 11) is -7.75. The number of amides is 1. The fraction of sp³-hybridized carbons (Fsp3) is 0.818. The van der Waals surface area contributed by atoms with Gasteiger partial charge in [-0.05, 0) is 45.3 Å². The first-order chi connectivity index (χ1) is 16.0. The van der Waals surface area contributed by atoms with Crippen LogP contribution in [0.15, 0.2) is 18.5 Å². The molecule has 1 saturated heterocycles. The number of carbonyl (C=O) groups is 1. The molecule has 9 nitrogen and oxygen atoms in total. The van der Waals surface area contributed by atoms with E-state index in [1.807, 2.05) is 20.8 Å². The topological polar surface area (TPSA) is 105 Å². The largest absolute Gasteiger partial charge is 0.741 e. The van der Waals surface area contributed by atoms with E-state index in [1.54, 1.807) is 4.90 Å². The molecule has 1 aromatic heterocycles. The van der Waals surface area contributed by atoms with Gasteiger partial charge in [0.2, 0.25) is 0 Å². The molecule has 0 spiro atoms. The molecule has 1 amide bonds. The smallest absolute Gasteiger partial charge is 0.485 e. The van der Waals surface area contributed by atoms with Crippen LogP contribution in [0.25, 0.3) is 0 Å². The van der Waals surface area contributed by atoms with Crippen LogP contribution in [0.1, 0.15) is 48.0 Å². The zero-order valence-corrected chi connectivity index (χ0v) is 24.2. The first-order valence-corrected chi connectivity index (χ1v) is 16.0. The minimum absolute atomic E-state index is 0.202. The maximum absolute atomic E-state index is 12.1. The Morgan fingerprint density at radius 3 is 2.11 bits per heavy atom. The lowest BCUT2D eigenvalue weighted by molar-refractivity contribution is -0.781. The van der Waals surface area contributed by atoms with Gasteiger partial charge in [-0.25, -0.2) is 13.2 Å². The van der Waals surface area contributed by atoms with E-state index in [2.05, 4.69) is 61.7 Å². The highest BCUT2D eigenvalue weighted by atomic mass is 32.2. The molecular weight excluding hydrogens is 519 g/mol. The number of ether oxygens (including phenoxy) is 1. The molecule has 2 heterocycles. The third kappa shape index (κ3) is 10.4. The van der Waals surface area contributed by atoms with E-state index >= 15 is 0 Å². The van der Waals surface area contributed by atoms with E-state index in [9.17, 15) is 18.0 Å². The second-order valence-corrected chi connectivity index (χ2v) is 17.6. The van der Waals surface area contributed by atoms with E-state index in [1.165, 1.54) is 0 Å². The lowest BCUT2D eigenvalue weighted by atomic mass is 10.0. The molecule has 1 fully saturated rings. The highest BCUT2D eigenvalue weighted by Crippen LogP contribution is 2.36. The number of carbonyl (C=O) groups excluding carboxylic acids is 1. The van der Waals surface area contributed by atoms with Crippen LogP contribution in [0.4, 0.5) is 18.0 Å². The molecule has 0 unspecified atom stereocenters.